The monoisotopic (exact) mass is 390 g/mol. The largest absolute Gasteiger partial charge is 0.356 e. The number of hydrogen-bond donors (Lipinski definition) is 1. The lowest BCUT2D eigenvalue weighted by Crippen LogP contribution is -2.42. The zero-order valence-corrected chi connectivity index (χ0v) is 16.4. The minimum absolute atomic E-state index is 0.105. The van der Waals surface area contributed by atoms with Crippen LogP contribution in [0, 0.1) is 0 Å². The average Bonchev–Trinajstić information content (AvgIpc) is 3.08. The van der Waals surface area contributed by atoms with Crippen LogP contribution in [0.5, 0.6) is 0 Å². The van der Waals surface area contributed by atoms with Gasteiger partial charge >= 0.3 is 0 Å². The summed E-state index contributed by atoms with van der Waals surface area (Å²) >= 11 is 0. The first-order chi connectivity index (χ1) is 13.2. The number of anilines is 1. The first kappa shape index (κ1) is 16.9. The number of fused-ring (bicyclic) bond motifs is 3. The normalized spacial score (nSPS) is 17.7. The molecule has 0 bridgehead atoms. The van der Waals surface area contributed by atoms with E-state index in [1.54, 1.807) is 12.3 Å². The Morgan fingerprint density at radius 2 is 2.11 bits per heavy atom. The van der Waals surface area contributed by atoms with Crippen molar-refractivity contribution in [3.63, 3.8) is 0 Å². The molecule has 4 rings (SSSR count). The molecule has 9 heteroatoms. The summed E-state index contributed by atoms with van der Waals surface area (Å²) in [6, 6.07) is 2.05. The van der Waals surface area contributed by atoms with Gasteiger partial charge in [-0.2, -0.15) is 0 Å². The molecular weight excluding hydrogens is 366 g/mol. The number of nitrogens with zero attached hydrogens (tertiary/aromatic N) is 4. The maximum atomic E-state index is 11.7. The molecule has 0 saturated carbocycles. The Balaban J connectivity index is 1.65. The Labute approximate surface area is 159 Å². The quantitative estimate of drug-likeness (QED) is 0.731. The minimum atomic E-state index is -3.15. The summed E-state index contributed by atoms with van der Waals surface area (Å²) in [5, 5.41) is 8.99. The van der Waals surface area contributed by atoms with E-state index in [4.69, 9.17) is 5.89 Å². The highest BCUT2D eigenvalue weighted by atomic mass is 32.2. The van der Waals surface area contributed by atoms with Crippen LogP contribution in [-0.4, -0.2) is 53.2 Å². The molecule has 1 aliphatic rings. The van der Waals surface area contributed by atoms with E-state index in [1.807, 2.05) is 13.8 Å². The van der Waals surface area contributed by atoms with Crippen LogP contribution >= 0.6 is 0 Å². The van der Waals surface area contributed by atoms with Crippen molar-refractivity contribution < 1.29 is 14.3 Å². The highest BCUT2D eigenvalue weighted by Crippen LogP contribution is 2.31. The van der Waals surface area contributed by atoms with Crippen LogP contribution in [0.15, 0.2) is 22.8 Å². The van der Waals surface area contributed by atoms with Gasteiger partial charge in [-0.05, 0) is 30.9 Å². The van der Waals surface area contributed by atoms with Gasteiger partial charge in [-0.1, -0.05) is 19.0 Å². The number of hydrogen-bond acceptors (Lipinski definition) is 7. The molecule has 8 nitrogen and oxygen atoms in total. The second kappa shape index (κ2) is 6.72. The standard InChI is InChI=1S/C18H23N5O3S/c1-11(2)16-15-14(26-22-16)5-4-12-10-19-18(21-17(12)15)20-13-6-8-23(9-7-13)27(3,24)25/h4-5,10-11,13H,6-9H2,1-3H3,(H,19,20,21)/i5D. The second-order valence-corrected chi connectivity index (χ2v) is 9.28. The van der Waals surface area contributed by atoms with Crippen molar-refractivity contribution in [2.45, 2.75) is 38.6 Å². The SMILES string of the molecule is [2H]c1cc2cnc(NC3CCN(S(C)(=O)=O)CC3)nc2c2c(C(C)C)noc12. The van der Waals surface area contributed by atoms with Crippen LogP contribution in [0.2, 0.25) is 0 Å². The van der Waals surface area contributed by atoms with Gasteiger partial charge in [0.1, 0.15) is 0 Å². The van der Waals surface area contributed by atoms with Crippen LogP contribution in [0.4, 0.5) is 5.95 Å². The summed E-state index contributed by atoms with van der Waals surface area (Å²) in [5.41, 5.74) is 1.92. The van der Waals surface area contributed by atoms with E-state index in [9.17, 15) is 8.42 Å². The lowest BCUT2D eigenvalue weighted by molar-refractivity contribution is 0.331. The predicted octanol–water partition coefficient (Wildman–Crippen LogP) is 2.73. The Morgan fingerprint density at radius 1 is 1.37 bits per heavy atom. The Hall–Kier alpha value is -2.26. The fourth-order valence-electron chi connectivity index (χ4n) is 3.45. The number of rotatable bonds is 4. The molecule has 0 spiro atoms. The molecule has 0 aliphatic carbocycles. The second-order valence-electron chi connectivity index (χ2n) is 7.29. The smallest absolute Gasteiger partial charge is 0.223 e. The van der Waals surface area contributed by atoms with E-state index in [1.165, 1.54) is 10.6 Å². The highest BCUT2D eigenvalue weighted by Gasteiger charge is 2.25. The molecule has 3 heterocycles. The van der Waals surface area contributed by atoms with Gasteiger partial charge in [-0.25, -0.2) is 22.7 Å². The number of aromatic nitrogens is 3. The molecular formula is C18H23N5O3S. The maximum absolute atomic E-state index is 11.7. The van der Waals surface area contributed by atoms with Gasteiger partial charge in [0, 0.05) is 30.7 Å². The van der Waals surface area contributed by atoms with Gasteiger partial charge in [0.15, 0.2) is 5.58 Å². The molecule has 1 aromatic carbocycles. The number of sulfonamides is 1. The fraction of sp³-hybridized carbons (Fsp3) is 0.500. The van der Waals surface area contributed by atoms with Crippen molar-refractivity contribution in [1.29, 1.82) is 0 Å². The molecule has 3 aromatic rings. The van der Waals surface area contributed by atoms with Crippen LogP contribution in [0.3, 0.4) is 0 Å². The van der Waals surface area contributed by atoms with Gasteiger partial charge in [-0.15, -0.1) is 0 Å². The highest BCUT2D eigenvalue weighted by molar-refractivity contribution is 7.88. The Bertz CT molecular complexity index is 1140. The van der Waals surface area contributed by atoms with Gasteiger partial charge < -0.3 is 9.84 Å². The van der Waals surface area contributed by atoms with Crippen molar-refractivity contribution in [3.05, 3.63) is 24.0 Å². The molecule has 144 valence electrons. The number of benzene rings is 1. The van der Waals surface area contributed by atoms with E-state index in [-0.39, 0.29) is 18.0 Å². The van der Waals surface area contributed by atoms with E-state index in [2.05, 4.69) is 20.4 Å². The van der Waals surface area contributed by atoms with Crippen molar-refractivity contribution in [2.24, 2.45) is 0 Å². The van der Waals surface area contributed by atoms with Gasteiger partial charge in [0.25, 0.3) is 0 Å². The zero-order valence-electron chi connectivity index (χ0n) is 16.6. The van der Waals surface area contributed by atoms with Crippen molar-refractivity contribution in [3.8, 4) is 0 Å². The number of piperidine rings is 1. The van der Waals surface area contributed by atoms with Crippen LogP contribution in [-0.2, 0) is 10.0 Å². The molecule has 1 aliphatic heterocycles. The summed E-state index contributed by atoms with van der Waals surface area (Å²) in [7, 11) is -3.15. The van der Waals surface area contributed by atoms with Gasteiger partial charge in [0.2, 0.25) is 16.0 Å². The lowest BCUT2D eigenvalue weighted by Gasteiger charge is -2.30. The average molecular weight is 390 g/mol. The van der Waals surface area contributed by atoms with Crippen molar-refractivity contribution in [1.82, 2.24) is 19.4 Å². The molecule has 1 saturated heterocycles. The maximum Gasteiger partial charge on any atom is 0.223 e. The summed E-state index contributed by atoms with van der Waals surface area (Å²) in [6.45, 7) is 5.02. The first-order valence-electron chi connectivity index (χ1n) is 9.51. The third-order valence-electron chi connectivity index (χ3n) is 4.93. The van der Waals surface area contributed by atoms with Gasteiger partial charge in [-0.3, -0.25) is 0 Å². The molecule has 0 unspecified atom stereocenters. The van der Waals surface area contributed by atoms with Crippen molar-refractivity contribution >= 4 is 37.8 Å². The lowest BCUT2D eigenvalue weighted by atomic mass is 10.0. The molecule has 2 aromatic heterocycles. The van der Waals surface area contributed by atoms with Crippen LogP contribution in [0.25, 0.3) is 21.9 Å². The minimum Gasteiger partial charge on any atom is -0.356 e. The summed E-state index contributed by atoms with van der Waals surface area (Å²) in [6.07, 6.45) is 4.33. The summed E-state index contributed by atoms with van der Waals surface area (Å²) < 4.78 is 38.4. The third kappa shape index (κ3) is 3.49. The molecule has 1 fully saturated rings. The number of nitrogens with one attached hydrogen (secondary N) is 1. The molecule has 0 atom stereocenters. The van der Waals surface area contributed by atoms with Gasteiger partial charge in [0.05, 0.1) is 24.2 Å². The molecule has 27 heavy (non-hydrogen) atoms. The molecule has 1 N–H and O–H groups in total. The fourth-order valence-corrected chi connectivity index (χ4v) is 4.32. The summed E-state index contributed by atoms with van der Waals surface area (Å²) in [4.78, 5) is 9.07. The third-order valence-corrected chi connectivity index (χ3v) is 6.24. The Kier molecular flexibility index (Phi) is 4.20. The zero-order chi connectivity index (χ0) is 20.1. The molecule has 0 amide bonds. The topological polar surface area (TPSA) is 101 Å². The Morgan fingerprint density at radius 3 is 2.78 bits per heavy atom. The first-order valence-corrected chi connectivity index (χ1v) is 10.9. The van der Waals surface area contributed by atoms with E-state index in [0.29, 0.717) is 43.0 Å². The predicted molar refractivity (Wildman–Crippen MR) is 104 cm³/mol. The van der Waals surface area contributed by atoms with E-state index in [0.717, 1.165) is 16.5 Å². The molecule has 0 radical (unpaired) electrons. The van der Waals surface area contributed by atoms with E-state index >= 15 is 0 Å². The van der Waals surface area contributed by atoms with Crippen LogP contribution < -0.4 is 5.32 Å². The van der Waals surface area contributed by atoms with E-state index < -0.39 is 10.0 Å². The van der Waals surface area contributed by atoms with Crippen LogP contribution in [0.1, 0.15) is 39.7 Å². The summed E-state index contributed by atoms with van der Waals surface area (Å²) in [5.74, 6) is 0.623. The van der Waals surface area contributed by atoms with Crippen molar-refractivity contribution in [2.75, 3.05) is 24.7 Å².